The SMILES string of the molecule is Cc1ccc(NC(=O)c2ccc(CS(C)(=O)=O)cc2)cc1I. The second kappa shape index (κ2) is 6.78. The van der Waals surface area contributed by atoms with Crippen LogP contribution >= 0.6 is 22.6 Å². The maximum Gasteiger partial charge on any atom is 0.255 e. The summed E-state index contributed by atoms with van der Waals surface area (Å²) >= 11 is 2.22. The van der Waals surface area contributed by atoms with E-state index in [0.29, 0.717) is 11.1 Å². The minimum atomic E-state index is -3.07. The van der Waals surface area contributed by atoms with Crippen molar-refractivity contribution < 1.29 is 13.2 Å². The molecule has 6 heteroatoms. The van der Waals surface area contributed by atoms with E-state index in [1.165, 1.54) is 6.26 Å². The largest absolute Gasteiger partial charge is 0.322 e. The number of aryl methyl sites for hydroxylation is 1. The van der Waals surface area contributed by atoms with Crippen LogP contribution in [-0.4, -0.2) is 20.6 Å². The van der Waals surface area contributed by atoms with Crippen molar-refractivity contribution >= 4 is 44.0 Å². The zero-order chi connectivity index (χ0) is 16.3. The Kier molecular flexibility index (Phi) is 5.23. The van der Waals surface area contributed by atoms with E-state index in [1.807, 2.05) is 25.1 Å². The lowest BCUT2D eigenvalue weighted by Crippen LogP contribution is -2.12. The van der Waals surface area contributed by atoms with Gasteiger partial charge >= 0.3 is 0 Å². The third-order valence-electron chi connectivity index (χ3n) is 3.07. The molecule has 116 valence electrons. The van der Waals surface area contributed by atoms with Gasteiger partial charge in [0, 0.05) is 21.1 Å². The van der Waals surface area contributed by atoms with E-state index in [-0.39, 0.29) is 11.7 Å². The van der Waals surface area contributed by atoms with Crippen LogP contribution in [0.25, 0.3) is 0 Å². The van der Waals surface area contributed by atoms with Crippen molar-refractivity contribution in [1.29, 1.82) is 0 Å². The fraction of sp³-hybridized carbons (Fsp3) is 0.188. The third-order valence-corrected chi connectivity index (χ3v) is 5.09. The minimum absolute atomic E-state index is 0.0228. The maximum absolute atomic E-state index is 12.2. The summed E-state index contributed by atoms with van der Waals surface area (Å²) in [5.74, 6) is -0.240. The number of anilines is 1. The van der Waals surface area contributed by atoms with Crippen molar-refractivity contribution in [3.63, 3.8) is 0 Å². The first-order chi connectivity index (χ1) is 10.2. The van der Waals surface area contributed by atoms with E-state index in [4.69, 9.17) is 0 Å². The molecule has 2 aromatic rings. The first-order valence-corrected chi connectivity index (χ1v) is 9.73. The van der Waals surface area contributed by atoms with E-state index in [1.54, 1.807) is 24.3 Å². The highest BCUT2D eigenvalue weighted by molar-refractivity contribution is 14.1. The number of nitrogens with one attached hydrogen (secondary N) is 1. The summed E-state index contributed by atoms with van der Waals surface area (Å²) in [5, 5.41) is 2.83. The minimum Gasteiger partial charge on any atom is -0.322 e. The lowest BCUT2D eigenvalue weighted by atomic mass is 10.1. The van der Waals surface area contributed by atoms with E-state index < -0.39 is 9.84 Å². The summed E-state index contributed by atoms with van der Waals surface area (Å²) in [6.07, 6.45) is 1.19. The monoisotopic (exact) mass is 429 g/mol. The van der Waals surface area contributed by atoms with Crippen molar-refractivity contribution in [2.45, 2.75) is 12.7 Å². The molecule has 2 aromatic carbocycles. The summed E-state index contributed by atoms with van der Waals surface area (Å²) in [5.41, 5.74) is 3.06. The van der Waals surface area contributed by atoms with Crippen LogP contribution in [0.3, 0.4) is 0 Å². The quantitative estimate of drug-likeness (QED) is 0.758. The first kappa shape index (κ1) is 17.0. The smallest absolute Gasteiger partial charge is 0.255 e. The highest BCUT2D eigenvalue weighted by atomic mass is 127. The van der Waals surface area contributed by atoms with Gasteiger partial charge in [0.15, 0.2) is 9.84 Å². The van der Waals surface area contributed by atoms with Gasteiger partial charge in [-0.05, 0) is 64.9 Å². The van der Waals surface area contributed by atoms with Crippen LogP contribution in [-0.2, 0) is 15.6 Å². The van der Waals surface area contributed by atoms with Gasteiger partial charge in [-0.25, -0.2) is 8.42 Å². The number of amides is 1. The van der Waals surface area contributed by atoms with Gasteiger partial charge in [0.05, 0.1) is 5.75 Å². The molecule has 1 amide bonds. The average Bonchev–Trinajstić information content (AvgIpc) is 2.42. The Morgan fingerprint density at radius 1 is 1.14 bits per heavy atom. The molecule has 0 aromatic heterocycles. The molecule has 0 atom stereocenters. The zero-order valence-electron chi connectivity index (χ0n) is 12.3. The summed E-state index contributed by atoms with van der Waals surface area (Å²) in [4.78, 5) is 12.2. The Labute approximate surface area is 144 Å². The molecular formula is C16H16INO3S. The number of rotatable bonds is 4. The van der Waals surface area contributed by atoms with Gasteiger partial charge in [-0.15, -0.1) is 0 Å². The number of benzene rings is 2. The molecular weight excluding hydrogens is 413 g/mol. The van der Waals surface area contributed by atoms with E-state index in [0.717, 1.165) is 14.8 Å². The summed E-state index contributed by atoms with van der Waals surface area (Å²) < 4.78 is 23.6. The summed E-state index contributed by atoms with van der Waals surface area (Å²) in [6.45, 7) is 2.01. The molecule has 1 N–H and O–H groups in total. The number of hydrogen-bond acceptors (Lipinski definition) is 3. The standard InChI is InChI=1S/C16H16INO3S/c1-11-3-8-14(9-15(11)17)18-16(19)13-6-4-12(5-7-13)10-22(2,20)21/h3-9H,10H2,1-2H3,(H,18,19). The zero-order valence-corrected chi connectivity index (χ0v) is 15.2. The molecule has 2 rings (SSSR count). The van der Waals surface area contributed by atoms with Gasteiger partial charge in [0.2, 0.25) is 0 Å². The summed E-state index contributed by atoms with van der Waals surface area (Å²) in [7, 11) is -3.07. The molecule has 0 bridgehead atoms. The summed E-state index contributed by atoms with van der Waals surface area (Å²) in [6, 6.07) is 12.3. The maximum atomic E-state index is 12.2. The molecule has 0 saturated carbocycles. The Balaban J connectivity index is 2.11. The molecule has 0 spiro atoms. The molecule has 0 unspecified atom stereocenters. The van der Waals surface area contributed by atoms with Gasteiger partial charge < -0.3 is 5.32 Å². The van der Waals surface area contributed by atoms with Crippen LogP contribution in [0.15, 0.2) is 42.5 Å². The Hall–Kier alpha value is -1.41. The molecule has 0 saturated heterocycles. The van der Waals surface area contributed by atoms with Gasteiger partial charge in [0.25, 0.3) is 5.91 Å². The number of carbonyl (C=O) groups is 1. The van der Waals surface area contributed by atoms with Crippen LogP contribution in [0, 0.1) is 10.5 Å². The molecule has 0 aliphatic heterocycles. The third kappa shape index (κ3) is 4.81. The second-order valence-corrected chi connectivity index (χ2v) is 8.49. The molecule has 0 aliphatic rings. The average molecular weight is 429 g/mol. The van der Waals surface area contributed by atoms with Crippen molar-refractivity contribution in [3.8, 4) is 0 Å². The van der Waals surface area contributed by atoms with Gasteiger partial charge in [-0.3, -0.25) is 4.79 Å². The lowest BCUT2D eigenvalue weighted by Gasteiger charge is -2.08. The predicted octanol–water partition coefficient (Wildman–Crippen LogP) is 3.40. The number of sulfone groups is 1. The van der Waals surface area contributed by atoms with Gasteiger partial charge in [0.1, 0.15) is 0 Å². The Bertz CT molecular complexity index is 799. The van der Waals surface area contributed by atoms with Crippen molar-refractivity contribution in [2.24, 2.45) is 0 Å². The highest BCUT2D eigenvalue weighted by Crippen LogP contribution is 2.18. The van der Waals surface area contributed by atoms with Gasteiger partial charge in [-0.1, -0.05) is 18.2 Å². The van der Waals surface area contributed by atoms with E-state index in [9.17, 15) is 13.2 Å². The van der Waals surface area contributed by atoms with Crippen LogP contribution in [0.5, 0.6) is 0 Å². The van der Waals surface area contributed by atoms with Crippen LogP contribution in [0.1, 0.15) is 21.5 Å². The van der Waals surface area contributed by atoms with E-state index in [2.05, 4.69) is 27.9 Å². The molecule has 4 nitrogen and oxygen atoms in total. The first-order valence-electron chi connectivity index (χ1n) is 6.59. The van der Waals surface area contributed by atoms with E-state index >= 15 is 0 Å². The topological polar surface area (TPSA) is 63.2 Å². The fourth-order valence-corrected chi connectivity index (χ4v) is 3.24. The lowest BCUT2D eigenvalue weighted by molar-refractivity contribution is 0.102. The Morgan fingerprint density at radius 2 is 1.77 bits per heavy atom. The van der Waals surface area contributed by atoms with Crippen LogP contribution in [0.2, 0.25) is 0 Å². The van der Waals surface area contributed by atoms with Crippen molar-refractivity contribution in [2.75, 3.05) is 11.6 Å². The van der Waals surface area contributed by atoms with Crippen molar-refractivity contribution in [1.82, 2.24) is 0 Å². The molecule has 0 fully saturated rings. The van der Waals surface area contributed by atoms with Crippen molar-refractivity contribution in [3.05, 3.63) is 62.7 Å². The van der Waals surface area contributed by atoms with Crippen LogP contribution < -0.4 is 5.32 Å². The highest BCUT2D eigenvalue weighted by Gasteiger charge is 2.09. The fourth-order valence-electron chi connectivity index (χ4n) is 1.93. The molecule has 0 heterocycles. The number of carbonyl (C=O) groups excluding carboxylic acids is 1. The second-order valence-electron chi connectivity index (χ2n) is 5.19. The van der Waals surface area contributed by atoms with Gasteiger partial charge in [-0.2, -0.15) is 0 Å². The normalized spacial score (nSPS) is 11.2. The molecule has 0 radical (unpaired) electrons. The molecule has 0 aliphatic carbocycles. The molecule has 22 heavy (non-hydrogen) atoms. The Morgan fingerprint density at radius 3 is 2.32 bits per heavy atom. The number of hydrogen-bond donors (Lipinski definition) is 1. The predicted molar refractivity (Wildman–Crippen MR) is 96.8 cm³/mol. The van der Waals surface area contributed by atoms with Crippen LogP contribution in [0.4, 0.5) is 5.69 Å². The number of halogens is 1.